The predicted octanol–water partition coefficient (Wildman–Crippen LogP) is 1.28. The van der Waals surface area contributed by atoms with Crippen LogP contribution in [0.2, 0.25) is 0 Å². The molecule has 4 nitrogen and oxygen atoms in total. The maximum atomic E-state index is 11.6. The number of anilines is 1. The van der Waals surface area contributed by atoms with Gasteiger partial charge in [0.05, 0.1) is 12.2 Å². The van der Waals surface area contributed by atoms with Crippen LogP contribution in [-0.4, -0.2) is 21.2 Å². The molecule has 0 aromatic carbocycles. The fourth-order valence-corrected chi connectivity index (χ4v) is 1.47. The highest BCUT2D eigenvalue weighted by Gasteiger charge is 1.98. The number of nitrogens with two attached hydrogens (primary N) is 1. The zero-order chi connectivity index (χ0) is 10.6. The largest absolute Gasteiger partial charge is 0.384 e. The Hall–Kier alpha value is -1.10. The summed E-state index contributed by atoms with van der Waals surface area (Å²) in [5.41, 5.74) is 6.26. The molecule has 2 N–H and O–H groups in total. The highest BCUT2D eigenvalue weighted by molar-refractivity contribution is 7.92. The molecule has 0 saturated heterocycles. The number of pyridine rings is 1. The minimum Gasteiger partial charge on any atom is -0.384 e. The third-order valence-corrected chi connectivity index (χ3v) is 3.61. The van der Waals surface area contributed by atoms with Gasteiger partial charge in [0.15, 0.2) is 0 Å². The molecule has 0 aliphatic heterocycles. The third kappa shape index (κ3) is 3.33. The van der Waals surface area contributed by atoms with Crippen molar-refractivity contribution in [2.24, 2.45) is 4.36 Å². The zero-order valence-electron chi connectivity index (χ0n) is 8.43. The predicted molar refractivity (Wildman–Crippen MR) is 59.4 cm³/mol. The van der Waals surface area contributed by atoms with Gasteiger partial charge in [-0.25, -0.2) is 9.35 Å². The first-order chi connectivity index (χ1) is 6.53. The van der Waals surface area contributed by atoms with Crippen molar-refractivity contribution in [1.29, 1.82) is 0 Å². The van der Waals surface area contributed by atoms with E-state index in [1.165, 1.54) is 0 Å². The van der Waals surface area contributed by atoms with E-state index in [4.69, 9.17) is 5.73 Å². The normalized spacial score (nSPS) is 14.7. The lowest BCUT2D eigenvalue weighted by Crippen LogP contribution is -2.01. The van der Waals surface area contributed by atoms with Gasteiger partial charge in [-0.05, 0) is 12.1 Å². The minimum absolute atomic E-state index is 0.369. The maximum absolute atomic E-state index is 11.6. The van der Waals surface area contributed by atoms with E-state index in [2.05, 4.69) is 9.35 Å². The maximum Gasteiger partial charge on any atom is 0.123 e. The number of aromatic nitrogens is 1. The molecule has 0 saturated carbocycles. The molecule has 0 amide bonds. The lowest BCUT2D eigenvalue weighted by Gasteiger charge is -2.00. The van der Waals surface area contributed by atoms with E-state index >= 15 is 0 Å². The first-order valence-electron chi connectivity index (χ1n) is 4.40. The smallest absolute Gasteiger partial charge is 0.123 e. The van der Waals surface area contributed by atoms with Gasteiger partial charge in [0.1, 0.15) is 5.82 Å². The Labute approximate surface area is 84.7 Å². The molecule has 1 heterocycles. The molecule has 1 aromatic rings. The lowest BCUT2D eigenvalue weighted by atomic mass is 10.3. The summed E-state index contributed by atoms with van der Waals surface area (Å²) >= 11 is 0. The van der Waals surface area contributed by atoms with E-state index in [1.54, 1.807) is 12.3 Å². The van der Waals surface area contributed by atoms with E-state index in [0.717, 1.165) is 5.69 Å². The van der Waals surface area contributed by atoms with Gasteiger partial charge in [-0.1, -0.05) is 13.0 Å². The standard InChI is InChI=1S/C9H15N3OS/c1-3-14(2,13)11-7-8-5-4-6-9(10)12-8/h4-6H,3,7H2,1-2H3,(H2,10,12). The molecule has 0 spiro atoms. The summed E-state index contributed by atoms with van der Waals surface area (Å²) in [7, 11) is -2.04. The van der Waals surface area contributed by atoms with Gasteiger partial charge in [0, 0.05) is 21.7 Å². The van der Waals surface area contributed by atoms with Gasteiger partial charge in [-0.15, -0.1) is 0 Å². The second kappa shape index (κ2) is 4.41. The lowest BCUT2D eigenvalue weighted by molar-refractivity contribution is 0.679. The molecule has 0 aliphatic carbocycles. The zero-order valence-corrected chi connectivity index (χ0v) is 9.25. The summed E-state index contributed by atoms with van der Waals surface area (Å²) in [6.45, 7) is 2.23. The highest BCUT2D eigenvalue weighted by Crippen LogP contribution is 2.03. The summed E-state index contributed by atoms with van der Waals surface area (Å²) in [5, 5.41) is 0. The Morgan fingerprint density at radius 1 is 1.57 bits per heavy atom. The van der Waals surface area contributed by atoms with Crippen LogP contribution in [0.1, 0.15) is 12.6 Å². The van der Waals surface area contributed by atoms with Crippen LogP contribution < -0.4 is 5.73 Å². The van der Waals surface area contributed by atoms with Crippen molar-refractivity contribution in [3.63, 3.8) is 0 Å². The van der Waals surface area contributed by atoms with Gasteiger partial charge in [0.2, 0.25) is 0 Å². The average Bonchev–Trinajstić information content (AvgIpc) is 2.15. The van der Waals surface area contributed by atoms with E-state index in [9.17, 15) is 4.21 Å². The van der Waals surface area contributed by atoms with Crippen molar-refractivity contribution in [2.75, 3.05) is 17.7 Å². The summed E-state index contributed by atoms with van der Waals surface area (Å²) < 4.78 is 15.7. The molecule has 1 rings (SSSR count). The first-order valence-corrected chi connectivity index (χ1v) is 6.50. The van der Waals surface area contributed by atoms with Crippen LogP contribution in [0.5, 0.6) is 0 Å². The van der Waals surface area contributed by atoms with Crippen molar-refractivity contribution < 1.29 is 4.21 Å². The van der Waals surface area contributed by atoms with Crippen LogP contribution in [-0.2, 0) is 16.3 Å². The summed E-state index contributed by atoms with van der Waals surface area (Å²) in [5.74, 6) is 1.03. The van der Waals surface area contributed by atoms with Gasteiger partial charge in [0.25, 0.3) is 0 Å². The minimum atomic E-state index is -2.04. The van der Waals surface area contributed by atoms with Crippen LogP contribution in [0.3, 0.4) is 0 Å². The van der Waals surface area contributed by atoms with Gasteiger partial charge in [-0.3, -0.25) is 4.21 Å². The first kappa shape index (κ1) is 11.0. The van der Waals surface area contributed by atoms with Crippen LogP contribution >= 0.6 is 0 Å². The monoisotopic (exact) mass is 213 g/mol. The van der Waals surface area contributed by atoms with Gasteiger partial charge >= 0.3 is 0 Å². The second-order valence-corrected chi connectivity index (χ2v) is 5.84. The molecule has 14 heavy (non-hydrogen) atoms. The molecule has 1 aromatic heterocycles. The van der Waals surface area contributed by atoms with E-state index < -0.39 is 9.73 Å². The molecule has 78 valence electrons. The van der Waals surface area contributed by atoms with E-state index in [1.807, 2.05) is 19.1 Å². The second-order valence-electron chi connectivity index (χ2n) is 3.09. The summed E-state index contributed by atoms with van der Waals surface area (Å²) in [4.78, 5) is 4.07. The van der Waals surface area contributed by atoms with E-state index in [-0.39, 0.29) is 0 Å². The fourth-order valence-electron chi connectivity index (χ4n) is 0.880. The molecule has 0 fully saturated rings. The molecule has 1 unspecified atom stereocenters. The van der Waals surface area contributed by atoms with Crippen LogP contribution in [0, 0.1) is 0 Å². The van der Waals surface area contributed by atoms with E-state index in [0.29, 0.717) is 18.1 Å². The molecule has 0 aliphatic rings. The Bertz CT molecular complexity index is 422. The van der Waals surface area contributed by atoms with Crippen LogP contribution in [0.25, 0.3) is 0 Å². The van der Waals surface area contributed by atoms with Crippen LogP contribution in [0.15, 0.2) is 22.6 Å². The molecular weight excluding hydrogens is 198 g/mol. The number of nitrogen functional groups attached to an aromatic ring is 1. The molecule has 5 heteroatoms. The van der Waals surface area contributed by atoms with Crippen LogP contribution in [0.4, 0.5) is 5.82 Å². The quantitative estimate of drug-likeness (QED) is 0.822. The van der Waals surface area contributed by atoms with Crippen molar-refractivity contribution in [3.8, 4) is 0 Å². The number of nitrogens with zero attached hydrogens (tertiary/aromatic N) is 2. The molecule has 0 radical (unpaired) electrons. The number of hydrogen-bond acceptors (Lipinski definition) is 4. The highest BCUT2D eigenvalue weighted by atomic mass is 32.2. The topological polar surface area (TPSA) is 68.3 Å². The number of hydrogen-bond donors (Lipinski definition) is 1. The summed E-state index contributed by atoms with van der Waals surface area (Å²) in [6.07, 6.45) is 1.65. The fraction of sp³-hybridized carbons (Fsp3) is 0.444. The average molecular weight is 213 g/mol. The van der Waals surface area contributed by atoms with Crippen molar-refractivity contribution in [3.05, 3.63) is 23.9 Å². The van der Waals surface area contributed by atoms with Gasteiger partial charge in [-0.2, -0.15) is 0 Å². The van der Waals surface area contributed by atoms with Crippen molar-refractivity contribution in [2.45, 2.75) is 13.5 Å². The van der Waals surface area contributed by atoms with Crippen molar-refractivity contribution in [1.82, 2.24) is 4.98 Å². The van der Waals surface area contributed by atoms with Gasteiger partial charge < -0.3 is 5.73 Å². The Kier molecular flexibility index (Phi) is 3.46. The molecule has 0 bridgehead atoms. The molecule has 1 atom stereocenters. The Morgan fingerprint density at radius 3 is 2.86 bits per heavy atom. The SMILES string of the molecule is CCS(C)(=O)=NCc1cccc(N)n1. The van der Waals surface area contributed by atoms with Crippen molar-refractivity contribution >= 4 is 15.5 Å². The number of rotatable bonds is 3. The Morgan fingerprint density at radius 2 is 2.29 bits per heavy atom. The molecular formula is C9H15N3OS. The summed E-state index contributed by atoms with van der Waals surface area (Å²) in [6, 6.07) is 5.36. The third-order valence-electron chi connectivity index (χ3n) is 1.86. The Balaban J connectivity index is 2.81.